The van der Waals surface area contributed by atoms with E-state index in [0.717, 1.165) is 11.4 Å². The van der Waals surface area contributed by atoms with Crippen LogP contribution in [0.4, 0.5) is 11.4 Å². The molecule has 1 unspecified atom stereocenters. The molecule has 1 atom stereocenters. The highest BCUT2D eigenvalue weighted by atomic mass is 16.5. The molecule has 6 heteroatoms. The van der Waals surface area contributed by atoms with E-state index >= 15 is 0 Å². The highest BCUT2D eigenvalue weighted by Gasteiger charge is 2.14. The Morgan fingerprint density at radius 1 is 1.50 bits per heavy atom. The molecule has 3 N–H and O–H groups in total. The molecule has 0 fully saturated rings. The number of anilines is 2. The van der Waals surface area contributed by atoms with E-state index in [4.69, 9.17) is 10.2 Å². The van der Waals surface area contributed by atoms with Crippen molar-refractivity contribution in [2.24, 2.45) is 0 Å². The van der Waals surface area contributed by atoms with Crippen molar-refractivity contribution in [2.45, 2.75) is 19.9 Å². The van der Waals surface area contributed by atoms with Gasteiger partial charge in [-0.25, -0.2) is 9.78 Å². The first-order valence-electron chi connectivity index (χ1n) is 6.18. The summed E-state index contributed by atoms with van der Waals surface area (Å²) in [5.74, 6) is 0.867. The molecule has 0 saturated heterocycles. The molecule has 106 valence electrons. The van der Waals surface area contributed by atoms with Crippen molar-refractivity contribution in [3.05, 3.63) is 41.6 Å². The van der Waals surface area contributed by atoms with Gasteiger partial charge in [0.2, 0.25) is 5.89 Å². The van der Waals surface area contributed by atoms with Crippen LogP contribution in [0.1, 0.15) is 35.0 Å². The molecular formula is C14H17N3O3. The van der Waals surface area contributed by atoms with Crippen LogP contribution in [0.3, 0.4) is 0 Å². The van der Waals surface area contributed by atoms with Gasteiger partial charge in [-0.2, -0.15) is 0 Å². The highest BCUT2D eigenvalue weighted by molar-refractivity contribution is 5.96. The third-order valence-electron chi connectivity index (χ3n) is 2.85. The van der Waals surface area contributed by atoms with Crippen molar-refractivity contribution < 1.29 is 13.9 Å². The number of benzene rings is 1. The standard InChI is InChI=1S/C14H17N3O3/c1-8-7-16-13(20-8)9(2)17-10-4-5-12(15)11(6-10)14(18)19-3/h4-7,9,17H,15H2,1-3H3. The number of oxazole rings is 1. The van der Waals surface area contributed by atoms with E-state index in [1.54, 1.807) is 24.4 Å². The smallest absolute Gasteiger partial charge is 0.340 e. The van der Waals surface area contributed by atoms with Crippen LogP contribution in [0.25, 0.3) is 0 Å². The molecular weight excluding hydrogens is 258 g/mol. The molecule has 0 amide bonds. The van der Waals surface area contributed by atoms with Crippen LogP contribution in [0.2, 0.25) is 0 Å². The number of hydrogen-bond acceptors (Lipinski definition) is 6. The fraction of sp³-hybridized carbons (Fsp3) is 0.286. The van der Waals surface area contributed by atoms with Crippen molar-refractivity contribution in [1.82, 2.24) is 4.98 Å². The maximum Gasteiger partial charge on any atom is 0.340 e. The largest absolute Gasteiger partial charge is 0.465 e. The summed E-state index contributed by atoms with van der Waals surface area (Å²) in [7, 11) is 1.32. The van der Waals surface area contributed by atoms with Gasteiger partial charge < -0.3 is 20.2 Å². The molecule has 1 aromatic carbocycles. The van der Waals surface area contributed by atoms with Gasteiger partial charge in [-0.1, -0.05) is 0 Å². The number of nitrogens with two attached hydrogens (primary N) is 1. The maximum atomic E-state index is 11.6. The molecule has 1 aromatic heterocycles. The predicted molar refractivity (Wildman–Crippen MR) is 75.5 cm³/mol. The summed E-state index contributed by atoms with van der Waals surface area (Å²) < 4.78 is 10.1. The number of nitrogen functional groups attached to an aromatic ring is 1. The van der Waals surface area contributed by atoms with E-state index in [-0.39, 0.29) is 6.04 Å². The Balaban J connectivity index is 2.19. The Labute approximate surface area is 116 Å². The van der Waals surface area contributed by atoms with Gasteiger partial charge >= 0.3 is 5.97 Å². The zero-order chi connectivity index (χ0) is 14.7. The molecule has 6 nitrogen and oxygen atoms in total. The van der Waals surface area contributed by atoms with E-state index < -0.39 is 5.97 Å². The lowest BCUT2D eigenvalue weighted by atomic mass is 10.1. The number of nitrogens with one attached hydrogen (secondary N) is 1. The zero-order valence-electron chi connectivity index (χ0n) is 11.6. The lowest BCUT2D eigenvalue weighted by molar-refractivity contribution is 0.0602. The molecule has 0 spiro atoms. The first-order valence-corrected chi connectivity index (χ1v) is 6.18. The average molecular weight is 275 g/mol. The monoisotopic (exact) mass is 275 g/mol. The van der Waals surface area contributed by atoms with Gasteiger partial charge in [-0.3, -0.25) is 0 Å². The fourth-order valence-electron chi connectivity index (χ4n) is 1.82. The quantitative estimate of drug-likeness (QED) is 0.658. The van der Waals surface area contributed by atoms with E-state index in [1.807, 2.05) is 13.8 Å². The maximum absolute atomic E-state index is 11.6. The first kappa shape index (κ1) is 13.9. The minimum absolute atomic E-state index is 0.127. The molecule has 0 bridgehead atoms. The molecule has 0 aliphatic rings. The number of aryl methyl sites for hydroxylation is 1. The summed E-state index contributed by atoms with van der Waals surface area (Å²) in [5, 5.41) is 3.20. The number of rotatable bonds is 4. The molecule has 0 aliphatic heterocycles. The molecule has 20 heavy (non-hydrogen) atoms. The minimum Gasteiger partial charge on any atom is -0.465 e. The van der Waals surface area contributed by atoms with Crippen LogP contribution in [0.15, 0.2) is 28.8 Å². The first-order chi connectivity index (χ1) is 9.51. The van der Waals surface area contributed by atoms with Crippen molar-refractivity contribution in [1.29, 1.82) is 0 Å². The van der Waals surface area contributed by atoms with Gasteiger partial charge in [0.1, 0.15) is 11.8 Å². The van der Waals surface area contributed by atoms with E-state index in [9.17, 15) is 4.79 Å². The van der Waals surface area contributed by atoms with Crippen LogP contribution in [0, 0.1) is 6.92 Å². The Morgan fingerprint density at radius 3 is 2.85 bits per heavy atom. The predicted octanol–water partition coefficient (Wildman–Crippen LogP) is 2.52. The summed E-state index contributed by atoms with van der Waals surface area (Å²) in [6, 6.07) is 4.96. The summed E-state index contributed by atoms with van der Waals surface area (Å²) in [4.78, 5) is 15.7. The van der Waals surface area contributed by atoms with Crippen LogP contribution in [-0.2, 0) is 4.74 Å². The second-order valence-electron chi connectivity index (χ2n) is 4.47. The number of hydrogen-bond donors (Lipinski definition) is 2. The second kappa shape index (κ2) is 5.64. The minimum atomic E-state index is -0.467. The van der Waals surface area contributed by atoms with Crippen molar-refractivity contribution >= 4 is 17.3 Å². The van der Waals surface area contributed by atoms with Crippen LogP contribution in [0.5, 0.6) is 0 Å². The van der Waals surface area contributed by atoms with E-state index in [2.05, 4.69) is 15.0 Å². The fourth-order valence-corrected chi connectivity index (χ4v) is 1.82. The van der Waals surface area contributed by atoms with E-state index in [1.165, 1.54) is 7.11 Å². The molecule has 2 rings (SSSR count). The highest BCUT2D eigenvalue weighted by Crippen LogP contribution is 2.23. The van der Waals surface area contributed by atoms with Crippen molar-refractivity contribution in [3.8, 4) is 0 Å². The number of nitrogens with zero attached hydrogens (tertiary/aromatic N) is 1. The molecule has 0 saturated carbocycles. The summed E-state index contributed by atoms with van der Waals surface area (Å²) in [5.41, 5.74) is 7.19. The van der Waals surface area contributed by atoms with Crippen LogP contribution >= 0.6 is 0 Å². The van der Waals surface area contributed by atoms with Gasteiger partial charge in [0.25, 0.3) is 0 Å². The van der Waals surface area contributed by atoms with Crippen molar-refractivity contribution in [3.63, 3.8) is 0 Å². The van der Waals surface area contributed by atoms with Gasteiger partial charge in [-0.05, 0) is 32.0 Å². The Kier molecular flexibility index (Phi) is 3.93. The van der Waals surface area contributed by atoms with Crippen molar-refractivity contribution in [2.75, 3.05) is 18.2 Å². The van der Waals surface area contributed by atoms with Gasteiger partial charge in [0.05, 0.1) is 18.9 Å². The Morgan fingerprint density at radius 2 is 2.25 bits per heavy atom. The topological polar surface area (TPSA) is 90.4 Å². The lowest BCUT2D eigenvalue weighted by Crippen LogP contribution is -2.10. The number of methoxy groups -OCH3 is 1. The number of aromatic nitrogens is 1. The van der Waals surface area contributed by atoms with Gasteiger partial charge in [0, 0.05) is 11.4 Å². The third-order valence-corrected chi connectivity index (χ3v) is 2.85. The summed E-state index contributed by atoms with van der Waals surface area (Å²) in [6.45, 7) is 3.75. The second-order valence-corrected chi connectivity index (χ2v) is 4.47. The molecule has 0 radical (unpaired) electrons. The molecule has 2 aromatic rings. The zero-order valence-corrected chi connectivity index (χ0v) is 11.6. The molecule has 0 aliphatic carbocycles. The molecule has 1 heterocycles. The van der Waals surface area contributed by atoms with E-state index in [0.29, 0.717) is 17.1 Å². The number of esters is 1. The normalized spacial score (nSPS) is 11.9. The Hall–Kier alpha value is -2.50. The Bertz CT molecular complexity index is 622. The SMILES string of the molecule is COC(=O)c1cc(NC(C)c2ncc(C)o2)ccc1N. The number of carbonyl (C=O) groups is 1. The number of ether oxygens (including phenoxy) is 1. The number of carbonyl (C=O) groups excluding carboxylic acids is 1. The van der Waals surface area contributed by atoms with Gasteiger partial charge in [0.15, 0.2) is 0 Å². The van der Waals surface area contributed by atoms with Crippen LogP contribution in [-0.4, -0.2) is 18.1 Å². The summed E-state index contributed by atoms with van der Waals surface area (Å²) >= 11 is 0. The third kappa shape index (κ3) is 2.90. The lowest BCUT2D eigenvalue weighted by Gasteiger charge is -2.13. The van der Waals surface area contributed by atoms with Gasteiger partial charge in [-0.15, -0.1) is 0 Å². The summed E-state index contributed by atoms with van der Waals surface area (Å²) in [6.07, 6.45) is 1.66. The van der Waals surface area contributed by atoms with Crippen LogP contribution < -0.4 is 11.1 Å². The average Bonchev–Trinajstić information content (AvgIpc) is 2.87.